The van der Waals surface area contributed by atoms with Crippen LogP contribution in [0.5, 0.6) is 0 Å². The molecule has 1 N–H and O–H groups in total. The van der Waals surface area contributed by atoms with Crippen molar-refractivity contribution < 1.29 is 26.7 Å². The fourth-order valence-electron chi connectivity index (χ4n) is 2.02. The number of rotatable bonds is 6. The van der Waals surface area contributed by atoms with Crippen LogP contribution in [-0.4, -0.2) is 62.1 Å². The van der Waals surface area contributed by atoms with Crippen LogP contribution in [-0.2, 0) is 24.7 Å². The van der Waals surface area contributed by atoms with Crippen LogP contribution in [0.3, 0.4) is 0 Å². The summed E-state index contributed by atoms with van der Waals surface area (Å²) in [6.07, 6.45) is -0.194. The van der Waals surface area contributed by atoms with E-state index in [0.717, 1.165) is 4.31 Å². The van der Waals surface area contributed by atoms with E-state index < -0.39 is 44.0 Å². The molecule has 0 bridgehead atoms. The Morgan fingerprint density at radius 3 is 2.44 bits per heavy atom. The molecule has 9 heteroatoms. The van der Waals surface area contributed by atoms with E-state index in [0.29, 0.717) is 0 Å². The lowest BCUT2D eigenvalue weighted by Crippen LogP contribution is -2.42. The topological polar surface area (TPSA) is 109 Å². The van der Waals surface area contributed by atoms with Gasteiger partial charge in [-0.2, -0.15) is 4.31 Å². The Bertz CT molecular complexity index is 509. The van der Waals surface area contributed by atoms with Crippen LogP contribution in [0.25, 0.3) is 0 Å². The Labute approximate surface area is 107 Å². The molecule has 1 aliphatic heterocycles. The third-order valence-electron chi connectivity index (χ3n) is 2.86. The number of carboxylic acids is 1. The van der Waals surface area contributed by atoms with Gasteiger partial charge in [0.25, 0.3) is 0 Å². The summed E-state index contributed by atoms with van der Waals surface area (Å²) in [6, 6.07) is -0.557. The van der Waals surface area contributed by atoms with Crippen molar-refractivity contribution in [2.45, 2.75) is 25.8 Å². The molecule has 7 nitrogen and oxygen atoms in total. The highest BCUT2D eigenvalue weighted by Gasteiger charge is 2.37. The third-order valence-corrected chi connectivity index (χ3v) is 6.60. The van der Waals surface area contributed by atoms with Gasteiger partial charge in [0, 0.05) is 12.6 Å². The third kappa shape index (κ3) is 3.92. The first-order valence-corrected chi connectivity index (χ1v) is 9.03. The van der Waals surface area contributed by atoms with Gasteiger partial charge in [-0.05, 0) is 6.42 Å². The average Bonchev–Trinajstić information content (AvgIpc) is 2.57. The van der Waals surface area contributed by atoms with Gasteiger partial charge in [-0.3, -0.25) is 4.79 Å². The Morgan fingerprint density at radius 2 is 2.06 bits per heavy atom. The lowest BCUT2D eigenvalue weighted by molar-refractivity contribution is -0.136. The zero-order valence-electron chi connectivity index (χ0n) is 10.1. The maximum atomic E-state index is 11.9. The molecule has 1 atom stereocenters. The second kappa shape index (κ2) is 5.54. The highest BCUT2D eigenvalue weighted by atomic mass is 32.2. The Hall–Kier alpha value is -0.670. The van der Waals surface area contributed by atoms with Crippen molar-refractivity contribution in [1.82, 2.24) is 4.31 Å². The van der Waals surface area contributed by atoms with Crippen LogP contribution < -0.4 is 0 Å². The van der Waals surface area contributed by atoms with Crippen LogP contribution in [0.15, 0.2) is 0 Å². The van der Waals surface area contributed by atoms with Crippen molar-refractivity contribution in [3.8, 4) is 0 Å². The highest BCUT2D eigenvalue weighted by Crippen LogP contribution is 2.20. The molecule has 0 saturated carbocycles. The second-order valence-corrected chi connectivity index (χ2v) is 8.49. The largest absolute Gasteiger partial charge is 0.481 e. The Morgan fingerprint density at radius 1 is 1.44 bits per heavy atom. The lowest BCUT2D eigenvalue weighted by atomic mass is 10.3. The van der Waals surface area contributed by atoms with Crippen LogP contribution in [0.2, 0.25) is 0 Å². The molecule has 106 valence electrons. The van der Waals surface area contributed by atoms with Gasteiger partial charge < -0.3 is 5.11 Å². The molecular formula is C9H17NO6S2. The zero-order valence-corrected chi connectivity index (χ0v) is 11.7. The second-order valence-electron chi connectivity index (χ2n) is 4.22. The molecule has 0 aromatic carbocycles. The molecule has 1 heterocycles. The van der Waals surface area contributed by atoms with E-state index in [-0.39, 0.29) is 24.5 Å². The van der Waals surface area contributed by atoms with Gasteiger partial charge in [0.05, 0.1) is 23.7 Å². The molecule has 1 unspecified atom stereocenters. The summed E-state index contributed by atoms with van der Waals surface area (Å²) in [5.74, 6) is -1.86. The normalized spacial score (nSPS) is 23.3. The van der Waals surface area contributed by atoms with Crippen molar-refractivity contribution in [3.05, 3.63) is 0 Å². The van der Waals surface area contributed by atoms with Crippen LogP contribution >= 0.6 is 0 Å². The molecule has 0 aromatic rings. The standard InChI is InChI=1S/C9H17NO6S2/c1-2-10(8-3-5-17(13,14)7-8)18(15,16)6-4-9(11)12/h8H,2-7H2,1H3,(H,11,12). The quantitative estimate of drug-likeness (QED) is 0.694. The van der Waals surface area contributed by atoms with E-state index in [9.17, 15) is 21.6 Å². The Kier molecular flexibility index (Phi) is 4.73. The summed E-state index contributed by atoms with van der Waals surface area (Å²) in [6.45, 7) is 1.77. The van der Waals surface area contributed by atoms with Gasteiger partial charge in [-0.1, -0.05) is 6.92 Å². The van der Waals surface area contributed by atoms with E-state index in [2.05, 4.69) is 0 Å². The first kappa shape index (κ1) is 15.4. The Balaban J connectivity index is 2.80. The number of carbonyl (C=O) groups is 1. The minimum atomic E-state index is -3.71. The van der Waals surface area contributed by atoms with Gasteiger partial charge in [-0.15, -0.1) is 0 Å². The molecule has 0 spiro atoms. The van der Waals surface area contributed by atoms with Crippen LogP contribution in [0, 0.1) is 0 Å². The van der Waals surface area contributed by atoms with E-state index in [1.54, 1.807) is 6.92 Å². The first-order chi connectivity index (χ1) is 8.18. The number of aliphatic carboxylic acids is 1. The number of nitrogens with zero attached hydrogens (tertiary/aromatic N) is 1. The molecule has 18 heavy (non-hydrogen) atoms. The predicted octanol–water partition coefficient (Wildman–Crippen LogP) is -0.700. The smallest absolute Gasteiger partial charge is 0.304 e. The molecular weight excluding hydrogens is 282 g/mol. The first-order valence-electron chi connectivity index (χ1n) is 5.59. The van der Waals surface area contributed by atoms with Gasteiger partial charge in [0.15, 0.2) is 9.84 Å². The van der Waals surface area contributed by atoms with E-state index >= 15 is 0 Å². The molecule has 0 radical (unpaired) electrons. The number of sulfone groups is 1. The maximum Gasteiger partial charge on any atom is 0.304 e. The summed E-state index contributed by atoms with van der Waals surface area (Å²) in [5, 5.41) is 8.50. The fraction of sp³-hybridized carbons (Fsp3) is 0.889. The maximum absolute atomic E-state index is 11.9. The predicted molar refractivity (Wildman–Crippen MR) is 65.5 cm³/mol. The lowest BCUT2D eigenvalue weighted by Gasteiger charge is -2.25. The van der Waals surface area contributed by atoms with Gasteiger partial charge >= 0.3 is 5.97 Å². The summed E-state index contributed by atoms with van der Waals surface area (Å²) in [5.41, 5.74) is 0. The summed E-state index contributed by atoms with van der Waals surface area (Å²) < 4.78 is 47.7. The minimum absolute atomic E-state index is 0.0113. The minimum Gasteiger partial charge on any atom is -0.481 e. The van der Waals surface area contributed by atoms with Crippen molar-refractivity contribution in [2.24, 2.45) is 0 Å². The monoisotopic (exact) mass is 299 g/mol. The molecule has 0 amide bonds. The van der Waals surface area contributed by atoms with Crippen LogP contribution in [0.1, 0.15) is 19.8 Å². The molecule has 1 rings (SSSR count). The van der Waals surface area contributed by atoms with Crippen molar-refractivity contribution in [3.63, 3.8) is 0 Å². The number of hydrogen-bond donors (Lipinski definition) is 1. The number of sulfonamides is 1. The van der Waals surface area contributed by atoms with Gasteiger partial charge in [0.1, 0.15) is 0 Å². The zero-order chi connectivity index (χ0) is 14.0. The number of carboxylic acid groups (broad SMARTS) is 1. The SMILES string of the molecule is CCN(C1CCS(=O)(=O)C1)S(=O)(=O)CCC(=O)O. The molecule has 1 saturated heterocycles. The van der Waals surface area contributed by atoms with Gasteiger partial charge in [0.2, 0.25) is 10.0 Å². The van der Waals surface area contributed by atoms with E-state index in [4.69, 9.17) is 5.11 Å². The van der Waals surface area contributed by atoms with E-state index in [1.165, 1.54) is 0 Å². The summed E-state index contributed by atoms with van der Waals surface area (Å²) in [4.78, 5) is 10.4. The molecule has 1 aliphatic rings. The molecule has 0 aliphatic carbocycles. The van der Waals surface area contributed by atoms with Crippen molar-refractivity contribution in [1.29, 1.82) is 0 Å². The number of hydrogen-bond acceptors (Lipinski definition) is 5. The van der Waals surface area contributed by atoms with E-state index in [1.807, 2.05) is 0 Å². The highest BCUT2D eigenvalue weighted by molar-refractivity contribution is 7.92. The van der Waals surface area contributed by atoms with Gasteiger partial charge in [-0.25, -0.2) is 16.8 Å². The average molecular weight is 299 g/mol. The van der Waals surface area contributed by atoms with Crippen LogP contribution in [0.4, 0.5) is 0 Å². The fourth-order valence-corrected chi connectivity index (χ4v) is 5.54. The molecule has 1 fully saturated rings. The molecule has 0 aromatic heterocycles. The summed E-state index contributed by atoms with van der Waals surface area (Å²) in [7, 11) is -6.88. The van der Waals surface area contributed by atoms with Crippen molar-refractivity contribution in [2.75, 3.05) is 23.8 Å². The summed E-state index contributed by atoms with van der Waals surface area (Å²) >= 11 is 0. The van der Waals surface area contributed by atoms with Crippen molar-refractivity contribution >= 4 is 25.8 Å².